The summed E-state index contributed by atoms with van der Waals surface area (Å²) in [5, 5.41) is 11.8. The van der Waals surface area contributed by atoms with Crippen molar-refractivity contribution in [2.45, 2.75) is 52.1 Å². The summed E-state index contributed by atoms with van der Waals surface area (Å²) >= 11 is 0. The van der Waals surface area contributed by atoms with Crippen LogP contribution in [-0.2, 0) is 22.6 Å². The number of aromatic nitrogens is 1. The van der Waals surface area contributed by atoms with Crippen molar-refractivity contribution in [1.82, 2.24) is 9.88 Å². The summed E-state index contributed by atoms with van der Waals surface area (Å²) in [6.45, 7) is 7.39. The molecule has 5 nitrogen and oxygen atoms in total. The van der Waals surface area contributed by atoms with E-state index in [1.54, 1.807) is 6.92 Å². The number of benzene rings is 3. The summed E-state index contributed by atoms with van der Waals surface area (Å²) in [6, 6.07) is 23.7. The fourth-order valence-corrected chi connectivity index (χ4v) is 5.07. The Morgan fingerprint density at radius 1 is 0.914 bits per heavy atom. The highest BCUT2D eigenvalue weighted by atomic mass is 16.4. The number of aliphatic carboxylic acids is 1. The molecule has 35 heavy (non-hydrogen) atoms. The largest absolute Gasteiger partial charge is 0.479 e. The molecule has 1 heterocycles. The molecule has 0 aliphatic carbocycles. The number of rotatable bonds is 8. The maximum atomic E-state index is 13.2. The number of para-hydroxylation sites is 1. The summed E-state index contributed by atoms with van der Waals surface area (Å²) in [5.41, 5.74) is 4.45. The minimum Gasteiger partial charge on any atom is -0.479 e. The Balaban J connectivity index is 1.92. The zero-order valence-corrected chi connectivity index (χ0v) is 20.7. The number of aryl methyl sites for hydroxylation is 2. The zero-order valence-electron chi connectivity index (χ0n) is 20.7. The van der Waals surface area contributed by atoms with Gasteiger partial charge in [0, 0.05) is 36.5 Å². The second kappa shape index (κ2) is 9.79. The van der Waals surface area contributed by atoms with E-state index in [0.29, 0.717) is 6.42 Å². The van der Waals surface area contributed by atoms with Gasteiger partial charge in [0.15, 0.2) is 0 Å². The van der Waals surface area contributed by atoms with E-state index in [1.807, 2.05) is 92.8 Å². The van der Waals surface area contributed by atoms with Gasteiger partial charge in [-0.05, 0) is 61.1 Å². The summed E-state index contributed by atoms with van der Waals surface area (Å²) in [7, 11) is 0. The van der Waals surface area contributed by atoms with Crippen LogP contribution in [0.15, 0.2) is 79.0 Å². The van der Waals surface area contributed by atoms with Crippen molar-refractivity contribution in [2.75, 3.05) is 0 Å². The van der Waals surface area contributed by atoms with Crippen LogP contribution in [0.1, 0.15) is 47.6 Å². The van der Waals surface area contributed by atoms with Crippen molar-refractivity contribution in [2.24, 2.45) is 0 Å². The first-order valence-electron chi connectivity index (χ1n) is 11.9. The first-order chi connectivity index (χ1) is 16.7. The van der Waals surface area contributed by atoms with E-state index in [2.05, 4.69) is 4.98 Å². The second-order valence-electron chi connectivity index (χ2n) is 9.46. The Kier molecular flexibility index (Phi) is 6.79. The van der Waals surface area contributed by atoms with Gasteiger partial charge in [-0.2, -0.15) is 0 Å². The van der Waals surface area contributed by atoms with Crippen LogP contribution in [0.3, 0.4) is 0 Å². The Morgan fingerprint density at radius 3 is 2.09 bits per heavy atom. The molecule has 0 saturated carbocycles. The first kappa shape index (κ1) is 24.3. The lowest BCUT2D eigenvalue weighted by Crippen LogP contribution is -2.58. The number of aromatic amines is 1. The maximum absolute atomic E-state index is 13.2. The maximum Gasteiger partial charge on any atom is 0.330 e. The van der Waals surface area contributed by atoms with Crippen LogP contribution >= 0.6 is 0 Å². The SMILES string of the molecule is CC(=O)N(Cc1ccccc1C)[C@@](C)(C(=O)O)C(Cc1ccccc1C)c1c[nH]c2ccccc12. The van der Waals surface area contributed by atoms with Gasteiger partial charge >= 0.3 is 5.97 Å². The summed E-state index contributed by atoms with van der Waals surface area (Å²) in [6.07, 6.45) is 2.38. The number of carboxylic acid groups (broad SMARTS) is 1. The normalized spacial score (nSPS) is 13.8. The Hall–Kier alpha value is -3.86. The highest BCUT2D eigenvalue weighted by Gasteiger charge is 2.49. The van der Waals surface area contributed by atoms with Crippen LogP contribution < -0.4 is 0 Å². The van der Waals surface area contributed by atoms with Crippen molar-refractivity contribution in [1.29, 1.82) is 0 Å². The zero-order chi connectivity index (χ0) is 25.2. The van der Waals surface area contributed by atoms with E-state index >= 15 is 0 Å². The molecule has 0 bridgehead atoms. The molecule has 4 aromatic rings. The number of hydrogen-bond donors (Lipinski definition) is 2. The van der Waals surface area contributed by atoms with Gasteiger partial charge in [0.25, 0.3) is 0 Å². The molecule has 1 unspecified atom stereocenters. The van der Waals surface area contributed by atoms with Crippen molar-refractivity contribution < 1.29 is 14.7 Å². The Labute approximate surface area is 206 Å². The lowest BCUT2D eigenvalue weighted by atomic mass is 9.74. The van der Waals surface area contributed by atoms with E-state index < -0.39 is 17.4 Å². The highest BCUT2D eigenvalue weighted by molar-refractivity contribution is 5.90. The fraction of sp³-hybridized carbons (Fsp3) is 0.267. The molecule has 0 fully saturated rings. The number of carboxylic acids is 1. The van der Waals surface area contributed by atoms with Gasteiger partial charge in [0.1, 0.15) is 5.54 Å². The predicted octanol–water partition coefficient (Wildman–Crippen LogP) is 6.00. The first-order valence-corrected chi connectivity index (χ1v) is 11.9. The fourth-order valence-electron chi connectivity index (χ4n) is 5.07. The average Bonchev–Trinajstić information content (AvgIpc) is 3.26. The van der Waals surface area contributed by atoms with Crippen LogP contribution in [0, 0.1) is 13.8 Å². The summed E-state index contributed by atoms with van der Waals surface area (Å²) in [4.78, 5) is 31.1. The van der Waals surface area contributed by atoms with Gasteiger partial charge in [-0.1, -0.05) is 66.7 Å². The molecule has 4 rings (SSSR count). The quantitative estimate of drug-likeness (QED) is 0.333. The van der Waals surface area contributed by atoms with Gasteiger partial charge in [0.2, 0.25) is 5.91 Å². The standard InChI is InChI=1S/C30H32N2O3/c1-20-11-5-7-13-23(20)17-27(26-18-31-28-16-10-9-15-25(26)28)30(4,29(34)35)32(22(3)33)19-24-14-8-6-12-21(24)2/h5-16,18,27,31H,17,19H2,1-4H3,(H,34,35)/t27?,30-/m1/s1. The van der Waals surface area contributed by atoms with E-state index in [1.165, 1.54) is 11.8 Å². The van der Waals surface area contributed by atoms with Gasteiger partial charge < -0.3 is 15.0 Å². The minimum absolute atomic E-state index is 0.220. The molecule has 0 aliphatic rings. The number of carbonyl (C=O) groups excluding carboxylic acids is 1. The lowest BCUT2D eigenvalue weighted by molar-refractivity contribution is -0.160. The van der Waals surface area contributed by atoms with Gasteiger partial charge in [-0.3, -0.25) is 4.79 Å². The molecule has 0 saturated heterocycles. The van der Waals surface area contributed by atoms with Crippen molar-refractivity contribution in [3.8, 4) is 0 Å². The lowest BCUT2D eigenvalue weighted by Gasteiger charge is -2.43. The molecule has 0 spiro atoms. The number of carbonyl (C=O) groups is 2. The summed E-state index contributed by atoms with van der Waals surface area (Å²) < 4.78 is 0. The number of amides is 1. The molecule has 1 aromatic heterocycles. The molecule has 5 heteroatoms. The number of hydrogen-bond acceptors (Lipinski definition) is 2. The third-order valence-corrected chi connectivity index (χ3v) is 7.32. The molecule has 0 radical (unpaired) electrons. The van der Waals surface area contributed by atoms with Crippen molar-refractivity contribution in [3.63, 3.8) is 0 Å². The molecule has 1 amide bonds. The van der Waals surface area contributed by atoms with E-state index in [4.69, 9.17) is 0 Å². The number of nitrogens with zero attached hydrogens (tertiary/aromatic N) is 1. The number of nitrogens with one attached hydrogen (secondary N) is 1. The van der Waals surface area contributed by atoms with Gasteiger partial charge in [-0.25, -0.2) is 4.79 Å². The monoisotopic (exact) mass is 468 g/mol. The molecule has 180 valence electrons. The van der Waals surface area contributed by atoms with Crippen molar-refractivity contribution >= 4 is 22.8 Å². The van der Waals surface area contributed by atoms with Crippen LogP contribution in [0.4, 0.5) is 0 Å². The van der Waals surface area contributed by atoms with Gasteiger partial charge in [-0.15, -0.1) is 0 Å². The van der Waals surface area contributed by atoms with E-state index in [9.17, 15) is 14.7 Å². The summed E-state index contributed by atoms with van der Waals surface area (Å²) in [5.74, 6) is -1.79. The number of H-pyrrole nitrogens is 1. The number of fused-ring (bicyclic) bond motifs is 1. The smallest absolute Gasteiger partial charge is 0.330 e. The predicted molar refractivity (Wildman–Crippen MR) is 139 cm³/mol. The van der Waals surface area contributed by atoms with Crippen LogP contribution in [0.2, 0.25) is 0 Å². The molecule has 2 N–H and O–H groups in total. The Morgan fingerprint density at radius 2 is 1.49 bits per heavy atom. The van der Waals surface area contributed by atoms with Crippen LogP contribution in [-0.4, -0.2) is 32.4 Å². The second-order valence-corrected chi connectivity index (χ2v) is 9.46. The molecular formula is C30H32N2O3. The molecular weight excluding hydrogens is 436 g/mol. The van der Waals surface area contributed by atoms with E-state index in [-0.39, 0.29) is 12.5 Å². The topological polar surface area (TPSA) is 73.4 Å². The van der Waals surface area contributed by atoms with E-state index in [0.717, 1.165) is 38.7 Å². The van der Waals surface area contributed by atoms with Crippen LogP contribution in [0.5, 0.6) is 0 Å². The van der Waals surface area contributed by atoms with Gasteiger partial charge in [0.05, 0.1) is 0 Å². The highest BCUT2D eigenvalue weighted by Crippen LogP contribution is 2.41. The third-order valence-electron chi connectivity index (χ3n) is 7.32. The third kappa shape index (κ3) is 4.59. The molecule has 3 aromatic carbocycles. The Bertz CT molecular complexity index is 1370. The molecule has 2 atom stereocenters. The van der Waals surface area contributed by atoms with Crippen molar-refractivity contribution in [3.05, 3.63) is 107 Å². The average molecular weight is 469 g/mol. The molecule has 0 aliphatic heterocycles. The van der Waals surface area contributed by atoms with Crippen LogP contribution in [0.25, 0.3) is 10.9 Å². The minimum atomic E-state index is -1.50.